The maximum Gasteiger partial charge on any atom is 0.338 e. The van der Waals surface area contributed by atoms with Crippen molar-refractivity contribution in [1.82, 2.24) is 20.2 Å². The molecule has 0 fully saturated rings. The van der Waals surface area contributed by atoms with Crippen molar-refractivity contribution < 1.29 is 18.3 Å². The van der Waals surface area contributed by atoms with E-state index in [1.165, 1.54) is 41.2 Å². The van der Waals surface area contributed by atoms with Gasteiger partial charge in [-0.25, -0.2) is 13.6 Å². The Labute approximate surface area is 191 Å². The summed E-state index contributed by atoms with van der Waals surface area (Å²) in [7, 11) is 0. The van der Waals surface area contributed by atoms with Crippen LogP contribution >= 0.6 is 23.2 Å². The number of carbonyl (C=O) groups excluding carboxylic acids is 1. The maximum absolute atomic E-state index is 14.0. The summed E-state index contributed by atoms with van der Waals surface area (Å²) in [6.45, 7) is -0.323. The zero-order chi connectivity index (χ0) is 22.7. The molecule has 0 saturated carbocycles. The molecule has 0 N–H and O–H groups in total. The highest BCUT2D eigenvalue weighted by atomic mass is 35.5. The van der Waals surface area contributed by atoms with Crippen molar-refractivity contribution in [3.05, 3.63) is 99.0 Å². The van der Waals surface area contributed by atoms with E-state index in [1.54, 1.807) is 24.3 Å². The summed E-state index contributed by atoms with van der Waals surface area (Å²) in [5.74, 6) is -1.48. The van der Waals surface area contributed by atoms with Crippen LogP contribution in [-0.4, -0.2) is 26.2 Å². The molecule has 1 heterocycles. The molecule has 0 aliphatic heterocycles. The Morgan fingerprint density at radius 1 is 0.938 bits per heavy atom. The van der Waals surface area contributed by atoms with Crippen LogP contribution in [0.15, 0.2) is 60.7 Å². The van der Waals surface area contributed by atoms with Gasteiger partial charge in [-0.1, -0.05) is 47.5 Å². The molecule has 0 unspecified atom stereocenters. The molecule has 0 radical (unpaired) electrons. The van der Waals surface area contributed by atoms with E-state index in [1.807, 2.05) is 0 Å². The lowest BCUT2D eigenvalue weighted by atomic mass is 10.1. The standard InChI is InChI=1S/C22H14Cl2F2N4O2/c23-17-6-2-8-19(25)15(17)11-30-28-21(27-29-30)13-4-1-5-14(10-13)22(31)32-12-16-18(24)7-3-9-20(16)26/h1-10H,11-12H2. The van der Waals surface area contributed by atoms with Crippen LogP contribution < -0.4 is 0 Å². The molecule has 1 aromatic heterocycles. The van der Waals surface area contributed by atoms with Crippen molar-refractivity contribution in [2.45, 2.75) is 13.2 Å². The number of rotatable bonds is 6. The van der Waals surface area contributed by atoms with E-state index in [0.29, 0.717) is 5.56 Å². The van der Waals surface area contributed by atoms with Crippen LogP contribution in [0.25, 0.3) is 11.4 Å². The number of carbonyl (C=O) groups is 1. The van der Waals surface area contributed by atoms with Gasteiger partial charge in [-0.05, 0) is 41.6 Å². The third-order valence-corrected chi connectivity index (χ3v) is 5.29. The van der Waals surface area contributed by atoms with Gasteiger partial charge in [0.25, 0.3) is 0 Å². The Morgan fingerprint density at radius 2 is 1.59 bits per heavy atom. The van der Waals surface area contributed by atoms with Gasteiger partial charge in [-0.15, -0.1) is 10.2 Å². The van der Waals surface area contributed by atoms with Crippen molar-refractivity contribution in [1.29, 1.82) is 0 Å². The molecule has 0 aliphatic rings. The zero-order valence-corrected chi connectivity index (χ0v) is 17.8. The van der Waals surface area contributed by atoms with Gasteiger partial charge in [0.05, 0.1) is 17.1 Å². The highest BCUT2D eigenvalue weighted by Crippen LogP contribution is 2.22. The Kier molecular flexibility index (Phi) is 6.43. The molecule has 4 aromatic rings. The van der Waals surface area contributed by atoms with E-state index < -0.39 is 17.6 Å². The third-order valence-electron chi connectivity index (χ3n) is 4.58. The fourth-order valence-corrected chi connectivity index (χ4v) is 3.37. The number of tetrazole rings is 1. The summed E-state index contributed by atoms with van der Waals surface area (Å²) in [5, 5.41) is 12.5. The number of hydrogen-bond donors (Lipinski definition) is 0. The molecule has 0 spiro atoms. The number of aromatic nitrogens is 4. The summed E-state index contributed by atoms with van der Waals surface area (Å²) in [5.41, 5.74) is 1.04. The van der Waals surface area contributed by atoms with Gasteiger partial charge in [0.2, 0.25) is 5.82 Å². The van der Waals surface area contributed by atoms with E-state index in [-0.39, 0.29) is 45.7 Å². The lowest BCUT2D eigenvalue weighted by Crippen LogP contribution is -2.07. The minimum absolute atomic E-state index is 0.0103. The number of halogens is 4. The largest absolute Gasteiger partial charge is 0.457 e. The Hall–Kier alpha value is -3.36. The second-order valence-corrected chi connectivity index (χ2v) is 7.52. The molecular weight excluding hydrogens is 461 g/mol. The van der Waals surface area contributed by atoms with Crippen molar-refractivity contribution in [3.8, 4) is 11.4 Å². The van der Waals surface area contributed by atoms with Crippen molar-refractivity contribution >= 4 is 29.2 Å². The monoisotopic (exact) mass is 474 g/mol. The smallest absolute Gasteiger partial charge is 0.338 e. The second kappa shape index (κ2) is 9.42. The molecule has 0 bridgehead atoms. The van der Waals surface area contributed by atoms with Gasteiger partial charge in [-0.2, -0.15) is 4.80 Å². The van der Waals surface area contributed by atoms with E-state index in [9.17, 15) is 13.6 Å². The first-order valence-corrected chi connectivity index (χ1v) is 10.1. The molecular formula is C22H14Cl2F2N4O2. The molecule has 0 aliphatic carbocycles. The summed E-state index contributed by atoms with van der Waals surface area (Å²) < 4.78 is 33.1. The van der Waals surface area contributed by atoms with Crippen LogP contribution in [0, 0.1) is 11.6 Å². The van der Waals surface area contributed by atoms with Gasteiger partial charge in [-0.3, -0.25) is 0 Å². The second-order valence-electron chi connectivity index (χ2n) is 6.70. The van der Waals surface area contributed by atoms with Crippen LogP contribution in [0.2, 0.25) is 10.0 Å². The fourth-order valence-electron chi connectivity index (χ4n) is 2.93. The average Bonchev–Trinajstić information content (AvgIpc) is 3.25. The van der Waals surface area contributed by atoms with Crippen LogP contribution in [0.5, 0.6) is 0 Å². The van der Waals surface area contributed by atoms with Gasteiger partial charge in [0.15, 0.2) is 0 Å². The maximum atomic E-state index is 14.0. The SMILES string of the molecule is O=C(OCc1c(F)cccc1Cl)c1cccc(-c2nnn(Cc3c(F)cccc3Cl)n2)c1. The van der Waals surface area contributed by atoms with Crippen LogP contribution in [0.1, 0.15) is 21.5 Å². The van der Waals surface area contributed by atoms with Gasteiger partial charge in [0.1, 0.15) is 18.2 Å². The molecule has 0 amide bonds. The van der Waals surface area contributed by atoms with E-state index in [0.717, 1.165) is 0 Å². The van der Waals surface area contributed by atoms with Gasteiger partial charge in [0, 0.05) is 21.7 Å². The molecule has 6 nitrogen and oxygen atoms in total. The molecule has 0 atom stereocenters. The Balaban J connectivity index is 1.49. The number of hydrogen-bond acceptors (Lipinski definition) is 5. The summed E-state index contributed by atoms with van der Waals surface area (Å²) in [4.78, 5) is 13.6. The summed E-state index contributed by atoms with van der Waals surface area (Å²) >= 11 is 12.0. The topological polar surface area (TPSA) is 69.9 Å². The van der Waals surface area contributed by atoms with Crippen LogP contribution in [0.3, 0.4) is 0 Å². The minimum atomic E-state index is -0.670. The first-order valence-electron chi connectivity index (χ1n) is 9.33. The lowest BCUT2D eigenvalue weighted by molar-refractivity contribution is 0.0469. The number of nitrogens with zero attached hydrogens (tertiary/aromatic N) is 4. The number of benzene rings is 3. The van der Waals surface area contributed by atoms with E-state index in [2.05, 4.69) is 15.4 Å². The molecule has 4 rings (SSSR count). The predicted molar refractivity (Wildman–Crippen MR) is 114 cm³/mol. The highest BCUT2D eigenvalue weighted by Gasteiger charge is 2.15. The predicted octanol–water partition coefficient (Wildman–Crippen LogP) is 5.33. The van der Waals surface area contributed by atoms with Gasteiger partial charge < -0.3 is 4.74 Å². The van der Waals surface area contributed by atoms with Crippen LogP contribution in [0.4, 0.5) is 8.78 Å². The van der Waals surface area contributed by atoms with Gasteiger partial charge >= 0.3 is 5.97 Å². The molecule has 3 aromatic carbocycles. The molecule has 10 heteroatoms. The first kappa shape index (κ1) is 21.9. The molecule has 162 valence electrons. The summed E-state index contributed by atoms with van der Waals surface area (Å²) in [6.07, 6.45) is 0. The Morgan fingerprint density at radius 3 is 2.28 bits per heavy atom. The van der Waals surface area contributed by atoms with Crippen molar-refractivity contribution in [2.75, 3.05) is 0 Å². The Bertz CT molecular complexity index is 1260. The first-order chi connectivity index (χ1) is 15.4. The highest BCUT2D eigenvalue weighted by molar-refractivity contribution is 6.31. The van der Waals surface area contributed by atoms with Crippen molar-refractivity contribution in [3.63, 3.8) is 0 Å². The summed E-state index contributed by atoms with van der Waals surface area (Å²) in [6, 6.07) is 14.9. The normalized spacial score (nSPS) is 10.9. The molecule has 0 saturated heterocycles. The van der Waals surface area contributed by atoms with Crippen molar-refractivity contribution in [2.24, 2.45) is 0 Å². The number of esters is 1. The molecule has 32 heavy (non-hydrogen) atoms. The van der Waals surface area contributed by atoms with E-state index in [4.69, 9.17) is 27.9 Å². The van der Waals surface area contributed by atoms with E-state index >= 15 is 0 Å². The quantitative estimate of drug-likeness (QED) is 0.353. The van der Waals surface area contributed by atoms with Crippen LogP contribution in [-0.2, 0) is 17.9 Å². The lowest BCUT2D eigenvalue weighted by Gasteiger charge is -2.08. The average molecular weight is 475 g/mol. The number of ether oxygens (including phenoxy) is 1. The zero-order valence-electron chi connectivity index (χ0n) is 16.3. The minimum Gasteiger partial charge on any atom is -0.457 e. The fraction of sp³-hybridized carbons (Fsp3) is 0.0909. The third kappa shape index (κ3) is 4.76.